The molecule has 0 aliphatic heterocycles. The van der Waals surface area contributed by atoms with Crippen LogP contribution in [0.25, 0.3) is 0 Å². The van der Waals surface area contributed by atoms with Gasteiger partial charge < -0.3 is 20.1 Å². The van der Waals surface area contributed by atoms with Gasteiger partial charge in [0.25, 0.3) is 0 Å². The zero-order valence-corrected chi connectivity index (χ0v) is 15.5. The zero-order chi connectivity index (χ0) is 18.9. The molecule has 1 spiro atoms. The van der Waals surface area contributed by atoms with E-state index < -0.39 is 23.0 Å². The largest absolute Gasteiger partial charge is 0.396 e. The first-order valence-corrected chi connectivity index (χ1v) is 9.94. The van der Waals surface area contributed by atoms with Gasteiger partial charge in [0.2, 0.25) is 0 Å². The average molecular weight is 362 g/mol. The number of carbonyl (C=O) groups is 2. The number of hydrogen-bond donors (Lipinski definition) is 3. The summed E-state index contributed by atoms with van der Waals surface area (Å²) >= 11 is 0. The van der Waals surface area contributed by atoms with Crippen molar-refractivity contribution in [3.8, 4) is 0 Å². The fourth-order valence-corrected chi connectivity index (χ4v) is 7.68. The van der Waals surface area contributed by atoms with Crippen LogP contribution in [0.15, 0.2) is 12.2 Å². The lowest BCUT2D eigenvalue weighted by atomic mass is 9.39. The Labute approximate surface area is 154 Å². The molecule has 4 aliphatic carbocycles. The van der Waals surface area contributed by atoms with Crippen molar-refractivity contribution in [1.29, 1.82) is 0 Å². The molecule has 4 rings (SSSR count). The van der Waals surface area contributed by atoms with E-state index in [1.165, 1.54) is 0 Å². The summed E-state index contributed by atoms with van der Waals surface area (Å²) in [6.07, 6.45) is 3.75. The fraction of sp³-hybridized carbons (Fsp3) is 0.810. The van der Waals surface area contributed by atoms with Gasteiger partial charge in [-0.3, -0.25) is 4.79 Å². The molecule has 0 aromatic carbocycles. The number of fused-ring (bicyclic) bond motifs is 3. The topological polar surface area (TPSA) is 94.8 Å². The summed E-state index contributed by atoms with van der Waals surface area (Å²) in [6, 6.07) is 0. The van der Waals surface area contributed by atoms with Gasteiger partial charge in [-0.25, -0.2) is 0 Å². The van der Waals surface area contributed by atoms with Crippen LogP contribution in [0.1, 0.15) is 51.9 Å². The molecule has 144 valence electrons. The Morgan fingerprint density at radius 3 is 2.62 bits per heavy atom. The normalized spacial score (nSPS) is 53.2. The van der Waals surface area contributed by atoms with Crippen molar-refractivity contribution in [1.82, 2.24) is 0 Å². The van der Waals surface area contributed by atoms with Gasteiger partial charge in [0, 0.05) is 24.4 Å². The molecule has 5 nitrogen and oxygen atoms in total. The maximum absolute atomic E-state index is 13.2. The van der Waals surface area contributed by atoms with Crippen molar-refractivity contribution >= 4 is 12.1 Å². The van der Waals surface area contributed by atoms with E-state index in [0.29, 0.717) is 31.3 Å². The van der Waals surface area contributed by atoms with E-state index in [0.717, 1.165) is 25.5 Å². The van der Waals surface area contributed by atoms with Gasteiger partial charge in [0.05, 0.1) is 17.6 Å². The van der Waals surface area contributed by atoms with Crippen molar-refractivity contribution in [3.63, 3.8) is 0 Å². The third-order valence-electron chi connectivity index (χ3n) is 8.82. The second-order valence-corrected chi connectivity index (χ2v) is 9.54. The van der Waals surface area contributed by atoms with Crippen LogP contribution in [0, 0.1) is 34.0 Å². The summed E-state index contributed by atoms with van der Waals surface area (Å²) < 4.78 is 0. The molecule has 4 saturated carbocycles. The number of aliphatic hydroxyl groups excluding tert-OH is 3. The molecule has 0 radical (unpaired) electrons. The Morgan fingerprint density at radius 1 is 1.23 bits per heavy atom. The van der Waals surface area contributed by atoms with Gasteiger partial charge in [-0.05, 0) is 54.9 Å². The van der Waals surface area contributed by atoms with Gasteiger partial charge in [-0.15, -0.1) is 0 Å². The Bertz CT molecular complexity index is 659. The predicted molar refractivity (Wildman–Crippen MR) is 95.1 cm³/mol. The molecule has 0 heterocycles. The van der Waals surface area contributed by atoms with E-state index >= 15 is 0 Å². The van der Waals surface area contributed by atoms with Gasteiger partial charge in [-0.2, -0.15) is 0 Å². The SMILES string of the molecule is C=C1C(=O)[C@@]23[C@H](O)C[C@@H]4[C@@](C)(CC=O)CCC[C@@]4(CO)[C@@H]2CC[C@@H]1[C@H]3O. The summed E-state index contributed by atoms with van der Waals surface area (Å²) in [6.45, 7) is 5.94. The number of hydrogen-bond acceptors (Lipinski definition) is 5. The molecule has 4 aliphatic rings. The standard InChI is InChI=1S/C21H30O5/c1-12-13-4-5-14-20(11-23)7-3-6-19(2,8-9-22)15(20)10-16(24)21(14,17(12)25)18(13)26/h9,13-16,18,23-24,26H,1,3-8,10-11H2,2H3/t13-,14-,15+,16+,18+,19+,20+,21-/m0/s1. The Hall–Kier alpha value is -1.04. The van der Waals surface area contributed by atoms with Crippen LogP contribution in [0.4, 0.5) is 0 Å². The average Bonchev–Trinajstić information content (AvgIpc) is 2.72. The molecule has 2 bridgehead atoms. The van der Waals surface area contributed by atoms with Gasteiger partial charge in [-0.1, -0.05) is 19.9 Å². The lowest BCUT2D eigenvalue weighted by molar-refractivity contribution is -0.241. The highest BCUT2D eigenvalue weighted by atomic mass is 16.3. The van der Waals surface area contributed by atoms with Crippen molar-refractivity contribution < 1.29 is 24.9 Å². The van der Waals surface area contributed by atoms with Crippen LogP contribution in [-0.2, 0) is 9.59 Å². The Kier molecular flexibility index (Phi) is 4.04. The van der Waals surface area contributed by atoms with Crippen LogP contribution in [-0.4, -0.2) is 46.2 Å². The highest BCUT2D eigenvalue weighted by molar-refractivity contribution is 6.04. The van der Waals surface area contributed by atoms with Crippen molar-refractivity contribution in [2.45, 2.75) is 64.1 Å². The number of rotatable bonds is 3. The van der Waals surface area contributed by atoms with Crippen LogP contribution < -0.4 is 0 Å². The third-order valence-corrected chi connectivity index (χ3v) is 8.82. The van der Waals surface area contributed by atoms with Crippen molar-refractivity contribution in [3.05, 3.63) is 12.2 Å². The molecule has 4 fully saturated rings. The first-order chi connectivity index (χ1) is 12.3. The lowest BCUT2D eigenvalue weighted by Crippen LogP contribution is -2.68. The van der Waals surface area contributed by atoms with Gasteiger partial charge in [0.1, 0.15) is 6.29 Å². The summed E-state index contributed by atoms with van der Waals surface area (Å²) in [5.41, 5.74) is -1.59. The fourth-order valence-electron chi connectivity index (χ4n) is 7.68. The minimum absolute atomic E-state index is 0.0324. The quantitative estimate of drug-likeness (QED) is 0.524. The molecule has 0 amide bonds. The molecular weight excluding hydrogens is 332 g/mol. The first kappa shape index (κ1) is 18.3. The monoisotopic (exact) mass is 362 g/mol. The zero-order valence-electron chi connectivity index (χ0n) is 15.5. The highest BCUT2D eigenvalue weighted by Crippen LogP contribution is 2.71. The second-order valence-electron chi connectivity index (χ2n) is 9.54. The summed E-state index contributed by atoms with van der Waals surface area (Å²) in [5, 5.41) is 32.8. The Morgan fingerprint density at radius 2 is 1.96 bits per heavy atom. The van der Waals surface area contributed by atoms with Crippen LogP contribution in [0.3, 0.4) is 0 Å². The number of Topliss-reactive ketones (excluding diaryl/α,β-unsaturated/α-hetero) is 1. The maximum Gasteiger partial charge on any atom is 0.170 e. The van der Waals surface area contributed by atoms with Gasteiger partial charge in [0.15, 0.2) is 5.78 Å². The summed E-state index contributed by atoms with van der Waals surface area (Å²) in [7, 11) is 0. The summed E-state index contributed by atoms with van der Waals surface area (Å²) in [4.78, 5) is 24.6. The molecule has 0 saturated heterocycles. The van der Waals surface area contributed by atoms with Crippen LogP contribution >= 0.6 is 0 Å². The van der Waals surface area contributed by atoms with Gasteiger partial charge >= 0.3 is 0 Å². The van der Waals surface area contributed by atoms with E-state index in [2.05, 4.69) is 13.5 Å². The van der Waals surface area contributed by atoms with Crippen LogP contribution in [0.2, 0.25) is 0 Å². The van der Waals surface area contributed by atoms with Crippen LogP contribution in [0.5, 0.6) is 0 Å². The number of ketones is 1. The highest BCUT2D eigenvalue weighted by Gasteiger charge is 2.74. The first-order valence-electron chi connectivity index (χ1n) is 9.94. The number of aliphatic hydroxyl groups is 3. The molecule has 5 heteroatoms. The molecule has 0 aromatic rings. The smallest absolute Gasteiger partial charge is 0.170 e. The molecular formula is C21H30O5. The molecule has 26 heavy (non-hydrogen) atoms. The molecule has 0 unspecified atom stereocenters. The number of carbonyl (C=O) groups excluding carboxylic acids is 2. The Balaban J connectivity index is 1.88. The second kappa shape index (κ2) is 5.73. The van der Waals surface area contributed by atoms with E-state index in [9.17, 15) is 24.9 Å². The van der Waals surface area contributed by atoms with E-state index in [-0.39, 0.29) is 35.6 Å². The lowest BCUT2D eigenvalue weighted by Gasteiger charge is -2.66. The maximum atomic E-state index is 13.2. The minimum Gasteiger partial charge on any atom is -0.396 e. The molecule has 3 N–H and O–H groups in total. The minimum atomic E-state index is -1.22. The number of aldehydes is 1. The summed E-state index contributed by atoms with van der Waals surface area (Å²) in [5.74, 6) is -0.766. The third kappa shape index (κ3) is 1.87. The molecule has 8 atom stereocenters. The molecule has 0 aromatic heterocycles. The predicted octanol–water partition coefficient (Wildman–Crippen LogP) is 1.64. The van der Waals surface area contributed by atoms with Crippen molar-refractivity contribution in [2.24, 2.45) is 34.0 Å². The van der Waals surface area contributed by atoms with E-state index in [1.807, 2.05) is 0 Å². The van der Waals surface area contributed by atoms with Crippen molar-refractivity contribution in [2.75, 3.05) is 6.61 Å². The van der Waals surface area contributed by atoms with E-state index in [1.54, 1.807) is 0 Å². The van der Waals surface area contributed by atoms with E-state index in [4.69, 9.17) is 0 Å².